The summed E-state index contributed by atoms with van der Waals surface area (Å²) in [5.74, 6) is 0.389. The maximum Gasteiger partial charge on any atom is 0.416 e. The Morgan fingerprint density at radius 2 is 2.04 bits per heavy atom. The lowest BCUT2D eigenvalue weighted by atomic mass is 9.88. The minimum atomic E-state index is -4.41. The molecule has 120 valence electrons. The van der Waals surface area contributed by atoms with Crippen molar-refractivity contribution < 1.29 is 18.0 Å². The third-order valence-electron chi connectivity index (χ3n) is 3.69. The fourth-order valence-electron chi connectivity index (χ4n) is 2.60. The summed E-state index contributed by atoms with van der Waals surface area (Å²) in [6, 6.07) is 4.82. The molecule has 0 fully saturated rings. The van der Waals surface area contributed by atoms with Crippen LogP contribution in [0.4, 0.5) is 24.8 Å². The molecular formula is C16H14F3N3O. The lowest BCUT2D eigenvalue weighted by Crippen LogP contribution is -2.20. The van der Waals surface area contributed by atoms with Crippen LogP contribution in [0.25, 0.3) is 0 Å². The number of hydrogen-bond donors (Lipinski definition) is 1. The average Bonchev–Trinajstić information content (AvgIpc) is 2.46. The third kappa shape index (κ3) is 3.33. The number of rotatable bonds is 2. The first-order chi connectivity index (χ1) is 10.8. The first kappa shape index (κ1) is 15.5. The number of Topliss-reactive ketones (excluding diaryl/α,β-unsaturated/α-hetero) is 1. The molecule has 0 radical (unpaired) electrons. The lowest BCUT2D eigenvalue weighted by molar-refractivity contribution is -0.137. The number of carbonyl (C=O) groups excluding carboxylic acids is 1. The highest BCUT2D eigenvalue weighted by molar-refractivity contribution is 5.98. The smallest absolute Gasteiger partial charge is 0.324 e. The van der Waals surface area contributed by atoms with E-state index in [-0.39, 0.29) is 23.3 Å². The van der Waals surface area contributed by atoms with E-state index in [9.17, 15) is 18.0 Å². The summed E-state index contributed by atoms with van der Waals surface area (Å²) in [5, 5.41) is 2.76. The highest BCUT2D eigenvalue weighted by Gasteiger charge is 2.30. The van der Waals surface area contributed by atoms with Gasteiger partial charge in [0.25, 0.3) is 0 Å². The second-order valence-electron chi connectivity index (χ2n) is 5.69. The van der Waals surface area contributed by atoms with Gasteiger partial charge in [0.15, 0.2) is 5.78 Å². The molecule has 1 aliphatic carbocycles. The number of hydrogen-bond acceptors (Lipinski definition) is 4. The van der Waals surface area contributed by atoms with E-state index in [4.69, 9.17) is 0 Å². The van der Waals surface area contributed by atoms with Gasteiger partial charge in [0, 0.05) is 18.3 Å². The van der Waals surface area contributed by atoms with Crippen LogP contribution < -0.4 is 5.32 Å². The Morgan fingerprint density at radius 1 is 1.26 bits per heavy atom. The predicted molar refractivity (Wildman–Crippen MR) is 78.6 cm³/mol. The van der Waals surface area contributed by atoms with Gasteiger partial charge in [-0.05, 0) is 30.5 Å². The van der Waals surface area contributed by atoms with Crippen LogP contribution in [-0.4, -0.2) is 15.8 Å². The first-order valence-corrected chi connectivity index (χ1v) is 7.16. The van der Waals surface area contributed by atoms with Crippen molar-refractivity contribution in [3.8, 4) is 0 Å². The molecule has 1 aromatic heterocycles. The molecule has 0 aliphatic heterocycles. The second-order valence-corrected chi connectivity index (χ2v) is 5.69. The number of nitrogens with zero attached hydrogens (tertiary/aromatic N) is 2. The van der Waals surface area contributed by atoms with E-state index in [1.807, 2.05) is 6.92 Å². The maximum absolute atomic E-state index is 12.7. The number of benzene rings is 1. The summed E-state index contributed by atoms with van der Waals surface area (Å²) in [6.45, 7) is 1.96. The van der Waals surface area contributed by atoms with Crippen LogP contribution in [0.5, 0.6) is 0 Å². The Balaban J connectivity index is 1.87. The van der Waals surface area contributed by atoms with Gasteiger partial charge in [-0.3, -0.25) is 4.79 Å². The zero-order chi connectivity index (χ0) is 16.6. The molecule has 1 aromatic carbocycles. The van der Waals surface area contributed by atoms with Crippen LogP contribution in [0.2, 0.25) is 0 Å². The van der Waals surface area contributed by atoms with Gasteiger partial charge in [0.05, 0.1) is 16.8 Å². The van der Waals surface area contributed by atoms with Gasteiger partial charge in [0.1, 0.15) is 0 Å². The first-order valence-electron chi connectivity index (χ1n) is 7.16. The Labute approximate surface area is 130 Å². The van der Waals surface area contributed by atoms with E-state index < -0.39 is 11.7 Å². The monoisotopic (exact) mass is 321 g/mol. The molecule has 1 N–H and O–H groups in total. The fraction of sp³-hybridized carbons (Fsp3) is 0.312. The Hall–Kier alpha value is -2.44. The van der Waals surface area contributed by atoms with Crippen LogP contribution >= 0.6 is 0 Å². The molecule has 0 amide bonds. The van der Waals surface area contributed by atoms with Gasteiger partial charge in [-0.15, -0.1) is 0 Å². The number of aromatic nitrogens is 2. The average molecular weight is 321 g/mol. The normalized spacial score (nSPS) is 17.7. The highest BCUT2D eigenvalue weighted by Crippen LogP contribution is 2.31. The second kappa shape index (κ2) is 5.64. The van der Waals surface area contributed by atoms with E-state index in [1.165, 1.54) is 18.3 Å². The number of nitrogens with one attached hydrogen (secondary N) is 1. The summed E-state index contributed by atoms with van der Waals surface area (Å²) < 4.78 is 38.2. The number of carbonyl (C=O) groups is 1. The topological polar surface area (TPSA) is 54.9 Å². The standard InChI is InChI=1S/C16H14F3N3O/c1-9-5-13-12(14(23)6-9)8-20-15(22-13)21-11-4-2-3-10(7-11)16(17,18)19/h2-4,7-9H,5-6H2,1H3,(H,20,21,22)/t9-/m0/s1. The van der Waals surface area contributed by atoms with E-state index in [1.54, 1.807) is 0 Å². The molecule has 1 heterocycles. The molecule has 3 rings (SSSR count). The van der Waals surface area contributed by atoms with E-state index in [0.717, 1.165) is 12.1 Å². The summed E-state index contributed by atoms with van der Waals surface area (Å²) >= 11 is 0. The minimum Gasteiger partial charge on any atom is -0.324 e. The maximum atomic E-state index is 12.7. The zero-order valence-corrected chi connectivity index (χ0v) is 12.3. The number of fused-ring (bicyclic) bond motifs is 1. The van der Waals surface area contributed by atoms with Crippen molar-refractivity contribution in [2.24, 2.45) is 5.92 Å². The van der Waals surface area contributed by atoms with Crippen molar-refractivity contribution in [2.45, 2.75) is 25.9 Å². The number of anilines is 2. The summed E-state index contributed by atoms with van der Waals surface area (Å²) in [5.41, 5.74) is 0.634. The van der Waals surface area contributed by atoms with Gasteiger partial charge in [-0.25, -0.2) is 9.97 Å². The number of alkyl halides is 3. The molecule has 1 atom stereocenters. The van der Waals surface area contributed by atoms with Gasteiger partial charge >= 0.3 is 6.18 Å². The van der Waals surface area contributed by atoms with Crippen molar-refractivity contribution in [3.05, 3.63) is 47.3 Å². The van der Waals surface area contributed by atoms with Crippen LogP contribution in [0.1, 0.15) is 35.0 Å². The van der Waals surface area contributed by atoms with Gasteiger partial charge in [-0.2, -0.15) is 13.2 Å². The van der Waals surface area contributed by atoms with Crippen molar-refractivity contribution >= 4 is 17.4 Å². The SMILES string of the molecule is C[C@@H]1CC(=O)c2cnc(Nc3cccc(C(F)(F)F)c3)nc2C1. The molecular weight excluding hydrogens is 307 g/mol. The Kier molecular flexibility index (Phi) is 3.79. The number of ketones is 1. The number of halogens is 3. The molecule has 0 saturated heterocycles. The molecule has 0 saturated carbocycles. The van der Waals surface area contributed by atoms with Crippen LogP contribution in [-0.2, 0) is 12.6 Å². The van der Waals surface area contributed by atoms with Gasteiger partial charge in [0.2, 0.25) is 5.95 Å². The molecule has 0 bridgehead atoms. The fourth-order valence-corrected chi connectivity index (χ4v) is 2.60. The molecule has 2 aromatic rings. The van der Waals surface area contributed by atoms with E-state index in [0.29, 0.717) is 24.1 Å². The molecule has 1 aliphatic rings. The Morgan fingerprint density at radius 3 is 2.78 bits per heavy atom. The predicted octanol–water partition coefficient (Wildman–Crippen LogP) is 4.00. The van der Waals surface area contributed by atoms with E-state index in [2.05, 4.69) is 15.3 Å². The molecule has 7 heteroatoms. The van der Waals surface area contributed by atoms with E-state index >= 15 is 0 Å². The summed E-state index contributed by atoms with van der Waals surface area (Å²) in [7, 11) is 0. The van der Waals surface area contributed by atoms with Crippen LogP contribution in [0, 0.1) is 5.92 Å². The molecule has 0 spiro atoms. The summed E-state index contributed by atoms with van der Waals surface area (Å²) in [6.07, 6.45) is -1.85. The molecule has 23 heavy (non-hydrogen) atoms. The third-order valence-corrected chi connectivity index (χ3v) is 3.69. The zero-order valence-electron chi connectivity index (χ0n) is 12.3. The van der Waals surface area contributed by atoms with Gasteiger partial charge in [-0.1, -0.05) is 13.0 Å². The quantitative estimate of drug-likeness (QED) is 0.908. The largest absolute Gasteiger partial charge is 0.416 e. The lowest BCUT2D eigenvalue weighted by Gasteiger charge is -2.19. The van der Waals surface area contributed by atoms with Crippen LogP contribution in [0.15, 0.2) is 30.5 Å². The molecule has 4 nitrogen and oxygen atoms in total. The minimum absolute atomic E-state index is 0.00405. The van der Waals surface area contributed by atoms with Gasteiger partial charge < -0.3 is 5.32 Å². The van der Waals surface area contributed by atoms with Crippen molar-refractivity contribution in [1.82, 2.24) is 9.97 Å². The van der Waals surface area contributed by atoms with Crippen LogP contribution in [0.3, 0.4) is 0 Å². The summed E-state index contributed by atoms with van der Waals surface area (Å²) in [4.78, 5) is 20.2. The van der Waals surface area contributed by atoms with Crippen molar-refractivity contribution in [2.75, 3.05) is 5.32 Å². The van der Waals surface area contributed by atoms with Crippen molar-refractivity contribution in [1.29, 1.82) is 0 Å². The highest BCUT2D eigenvalue weighted by atomic mass is 19.4. The van der Waals surface area contributed by atoms with Crippen molar-refractivity contribution in [3.63, 3.8) is 0 Å². The molecule has 0 unspecified atom stereocenters. The Bertz CT molecular complexity index is 758.